The predicted molar refractivity (Wildman–Crippen MR) is 103 cm³/mol. The van der Waals surface area contributed by atoms with Crippen molar-refractivity contribution in [2.45, 2.75) is 37.0 Å². The SMILES string of the molecule is Cc1ccc(CNC(=O)CCc2nc(CS(=O)(=O)c3ccc(F)cc3)no2)cc1. The zero-order valence-electron chi connectivity index (χ0n) is 15.8. The van der Waals surface area contributed by atoms with Gasteiger partial charge in [-0.25, -0.2) is 12.8 Å². The molecule has 7 nitrogen and oxygen atoms in total. The second kappa shape index (κ2) is 8.95. The number of nitrogens with zero attached hydrogens (tertiary/aromatic N) is 2. The molecule has 0 radical (unpaired) electrons. The van der Waals surface area contributed by atoms with Gasteiger partial charge in [0.05, 0.1) is 4.90 Å². The second-order valence-corrected chi connectivity index (χ2v) is 8.57. The minimum atomic E-state index is -3.72. The Morgan fingerprint density at radius 3 is 2.48 bits per heavy atom. The van der Waals surface area contributed by atoms with E-state index in [4.69, 9.17) is 4.52 Å². The van der Waals surface area contributed by atoms with Crippen LogP contribution in [0.25, 0.3) is 0 Å². The number of aromatic nitrogens is 2. The lowest BCUT2D eigenvalue weighted by Gasteiger charge is -2.04. The summed E-state index contributed by atoms with van der Waals surface area (Å²) < 4.78 is 42.6. The van der Waals surface area contributed by atoms with E-state index in [-0.39, 0.29) is 35.4 Å². The Hall–Kier alpha value is -3.07. The Morgan fingerprint density at radius 2 is 1.79 bits per heavy atom. The van der Waals surface area contributed by atoms with Gasteiger partial charge in [-0.2, -0.15) is 4.98 Å². The minimum absolute atomic E-state index is 0.00983. The highest BCUT2D eigenvalue weighted by atomic mass is 32.2. The fourth-order valence-corrected chi connectivity index (χ4v) is 3.74. The van der Waals surface area contributed by atoms with E-state index in [0.29, 0.717) is 6.54 Å². The Kier molecular flexibility index (Phi) is 6.38. The molecule has 0 aliphatic rings. The van der Waals surface area contributed by atoms with Gasteiger partial charge in [0, 0.05) is 19.4 Å². The number of nitrogens with one attached hydrogen (secondary N) is 1. The maximum Gasteiger partial charge on any atom is 0.227 e. The van der Waals surface area contributed by atoms with Crippen molar-refractivity contribution in [2.75, 3.05) is 0 Å². The van der Waals surface area contributed by atoms with Gasteiger partial charge in [-0.3, -0.25) is 4.79 Å². The van der Waals surface area contributed by atoms with Crippen LogP contribution in [0.2, 0.25) is 0 Å². The molecule has 2 aromatic carbocycles. The lowest BCUT2D eigenvalue weighted by molar-refractivity contribution is -0.121. The minimum Gasteiger partial charge on any atom is -0.352 e. The molecule has 0 atom stereocenters. The number of hydrogen-bond acceptors (Lipinski definition) is 6. The molecule has 9 heteroatoms. The summed E-state index contributed by atoms with van der Waals surface area (Å²) in [6.45, 7) is 2.41. The average molecular weight is 417 g/mol. The lowest BCUT2D eigenvalue weighted by atomic mass is 10.1. The summed E-state index contributed by atoms with van der Waals surface area (Å²) in [5, 5.41) is 6.46. The summed E-state index contributed by atoms with van der Waals surface area (Å²) in [4.78, 5) is 16.0. The molecule has 1 N–H and O–H groups in total. The number of amides is 1. The number of aryl methyl sites for hydroxylation is 2. The van der Waals surface area contributed by atoms with E-state index in [0.717, 1.165) is 23.3 Å². The summed E-state index contributed by atoms with van der Waals surface area (Å²) in [6, 6.07) is 12.4. The van der Waals surface area contributed by atoms with Crippen molar-refractivity contribution in [3.8, 4) is 0 Å². The lowest BCUT2D eigenvalue weighted by Crippen LogP contribution is -2.23. The summed E-state index contributed by atoms with van der Waals surface area (Å²) in [6.07, 6.45) is 0.335. The highest BCUT2D eigenvalue weighted by Gasteiger charge is 2.19. The van der Waals surface area contributed by atoms with Crippen molar-refractivity contribution in [3.63, 3.8) is 0 Å². The first-order valence-electron chi connectivity index (χ1n) is 8.94. The van der Waals surface area contributed by atoms with Gasteiger partial charge in [-0.15, -0.1) is 0 Å². The average Bonchev–Trinajstić information content (AvgIpc) is 3.13. The van der Waals surface area contributed by atoms with E-state index in [9.17, 15) is 17.6 Å². The molecule has 1 aromatic heterocycles. The summed E-state index contributed by atoms with van der Waals surface area (Å²) in [5.41, 5.74) is 2.14. The zero-order valence-corrected chi connectivity index (χ0v) is 16.6. The molecule has 152 valence electrons. The van der Waals surface area contributed by atoms with Gasteiger partial charge in [0.2, 0.25) is 11.8 Å². The van der Waals surface area contributed by atoms with Gasteiger partial charge in [-0.05, 0) is 36.8 Å². The summed E-state index contributed by atoms with van der Waals surface area (Å²) >= 11 is 0. The number of halogens is 1. The smallest absolute Gasteiger partial charge is 0.227 e. The molecular weight excluding hydrogens is 397 g/mol. The fraction of sp³-hybridized carbons (Fsp3) is 0.250. The fourth-order valence-electron chi connectivity index (χ4n) is 2.56. The Morgan fingerprint density at radius 1 is 1.10 bits per heavy atom. The van der Waals surface area contributed by atoms with E-state index in [2.05, 4.69) is 15.5 Å². The third kappa shape index (κ3) is 5.95. The van der Waals surface area contributed by atoms with Crippen LogP contribution in [0.1, 0.15) is 29.3 Å². The topological polar surface area (TPSA) is 102 Å². The third-order valence-corrected chi connectivity index (χ3v) is 5.81. The molecule has 0 aliphatic heterocycles. The van der Waals surface area contributed by atoms with Crippen LogP contribution in [-0.4, -0.2) is 24.5 Å². The van der Waals surface area contributed by atoms with Crippen LogP contribution in [-0.2, 0) is 33.4 Å². The highest BCUT2D eigenvalue weighted by Crippen LogP contribution is 2.16. The van der Waals surface area contributed by atoms with Gasteiger partial charge in [0.1, 0.15) is 11.6 Å². The molecule has 0 saturated heterocycles. The first kappa shape index (κ1) is 20.7. The van der Waals surface area contributed by atoms with Gasteiger partial charge in [0.15, 0.2) is 15.7 Å². The number of benzene rings is 2. The Balaban J connectivity index is 1.50. The van der Waals surface area contributed by atoms with Gasteiger partial charge < -0.3 is 9.84 Å². The van der Waals surface area contributed by atoms with Crippen molar-refractivity contribution in [1.29, 1.82) is 0 Å². The summed E-state index contributed by atoms with van der Waals surface area (Å²) in [7, 11) is -3.72. The van der Waals surface area contributed by atoms with Crippen LogP contribution in [0.15, 0.2) is 57.9 Å². The van der Waals surface area contributed by atoms with E-state index in [1.54, 1.807) is 0 Å². The highest BCUT2D eigenvalue weighted by molar-refractivity contribution is 7.90. The van der Waals surface area contributed by atoms with E-state index in [1.807, 2.05) is 31.2 Å². The number of sulfone groups is 1. The Bertz CT molecular complexity index is 1080. The number of carbonyl (C=O) groups is 1. The van der Waals surface area contributed by atoms with Crippen LogP contribution < -0.4 is 5.32 Å². The monoisotopic (exact) mass is 417 g/mol. The third-order valence-electron chi connectivity index (χ3n) is 4.18. The maximum atomic E-state index is 13.0. The number of hydrogen-bond donors (Lipinski definition) is 1. The van der Waals surface area contributed by atoms with Crippen LogP contribution in [0.5, 0.6) is 0 Å². The molecule has 0 bridgehead atoms. The van der Waals surface area contributed by atoms with Gasteiger partial charge >= 0.3 is 0 Å². The molecule has 3 rings (SSSR count). The van der Waals surface area contributed by atoms with E-state index in [1.165, 1.54) is 12.1 Å². The molecule has 29 heavy (non-hydrogen) atoms. The first-order valence-corrected chi connectivity index (χ1v) is 10.6. The molecule has 3 aromatic rings. The van der Waals surface area contributed by atoms with Crippen molar-refractivity contribution in [1.82, 2.24) is 15.5 Å². The number of carbonyl (C=O) groups excluding carboxylic acids is 1. The normalized spacial score (nSPS) is 11.4. The van der Waals surface area contributed by atoms with Gasteiger partial charge in [-0.1, -0.05) is 35.0 Å². The first-order chi connectivity index (χ1) is 13.8. The molecular formula is C20H20FN3O4S. The predicted octanol–water partition coefficient (Wildman–Crippen LogP) is 2.74. The molecule has 0 saturated carbocycles. The molecule has 0 spiro atoms. The zero-order chi connectivity index (χ0) is 20.9. The quantitative estimate of drug-likeness (QED) is 0.566. The standard InChI is InChI=1S/C20H20FN3O4S/c1-14-2-4-15(5-3-14)12-22-19(25)10-11-20-23-18(24-28-20)13-29(26,27)17-8-6-16(21)7-9-17/h2-9H,10-13H2,1H3,(H,22,25). The molecule has 0 unspecified atom stereocenters. The van der Waals surface area contributed by atoms with E-state index >= 15 is 0 Å². The van der Waals surface area contributed by atoms with Crippen molar-refractivity contribution in [2.24, 2.45) is 0 Å². The number of rotatable bonds is 8. The van der Waals surface area contributed by atoms with Crippen LogP contribution in [0, 0.1) is 12.7 Å². The molecule has 0 aliphatic carbocycles. The second-order valence-electron chi connectivity index (χ2n) is 6.58. The van der Waals surface area contributed by atoms with Gasteiger partial charge in [0.25, 0.3) is 0 Å². The molecule has 0 fully saturated rings. The summed E-state index contributed by atoms with van der Waals surface area (Å²) in [5.74, 6) is -0.998. The van der Waals surface area contributed by atoms with E-state index < -0.39 is 21.4 Å². The maximum absolute atomic E-state index is 13.0. The van der Waals surface area contributed by atoms with Crippen molar-refractivity contribution >= 4 is 15.7 Å². The van der Waals surface area contributed by atoms with Crippen LogP contribution >= 0.6 is 0 Å². The molecule has 1 amide bonds. The molecule has 1 heterocycles. The largest absolute Gasteiger partial charge is 0.352 e. The van der Waals surface area contributed by atoms with Crippen LogP contribution in [0.3, 0.4) is 0 Å². The van der Waals surface area contributed by atoms with Crippen molar-refractivity contribution < 1.29 is 22.1 Å². The van der Waals surface area contributed by atoms with Crippen LogP contribution in [0.4, 0.5) is 4.39 Å². The van der Waals surface area contributed by atoms with Crippen molar-refractivity contribution in [3.05, 3.63) is 77.2 Å². The Labute approximate surface area is 167 Å².